The minimum atomic E-state index is -0.387. The fourth-order valence-electron chi connectivity index (χ4n) is 2.73. The summed E-state index contributed by atoms with van der Waals surface area (Å²) in [7, 11) is 0. The van der Waals surface area contributed by atoms with Crippen molar-refractivity contribution in [3.05, 3.63) is 40.8 Å². The molecule has 1 fully saturated rings. The van der Waals surface area contributed by atoms with Crippen LogP contribution in [0.25, 0.3) is 11.0 Å². The lowest BCUT2D eigenvalue weighted by molar-refractivity contribution is -0.131. The molecule has 7 nitrogen and oxygen atoms in total. The van der Waals surface area contributed by atoms with Crippen LogP contribution in [0.3, 0.4) is 0 Å². The summed E-state index contributed by atoms with van der Waals surface area (Å²) >= 11 is 0. The number of amides is 2. The van der Waals surface area contributed by atoms with Crippen molar-refractivity contribution in [1.29, 1.82) is 0 Å². The van der Waals surface area contributed by atoms with Gasteiger partial charge in [0.1, 0.15) is 6.54 Å². The van der Waals surface area contributed by atoms with Crippen LogP contribution < -0.4 is 11.3 Å². The average Bonchev–Trinajstić information content (AvgIpc) is 3.00. The van der Waals surface area contributed by atoms with Crippen LogP contribution in [-0.4, -0.2) is 39.4 Å². The quantitative estimate of drug-likeness (QED) is 0.843. The highest BCUT2D eigenvalue weighted by molar-refractivity contribution is 5.82. The number of carbonyl (C=O) groups is 2. The number of nitrogens with two attached hydrogens (primary N) is 1. The highest BCUT2D eigenvalue weighted by Crippen LogP contribution is 2.16. The summed E-state index contributed by atoms with van der Waals surface area (Å²) in [5, 5.41) is 0. The van der Waals surface area contributed by atoms with Crippen LogP contribution in [0.2, 0.25) is 0 Å². The van der Waals surface area contributed by atoms with E-state index in [1.165, 1.54) is 10.8 Å². The van der Waals surface area contributed by atoms with Crippen molar-refractivity contribution in [2.75, 3.05) is 13.1 Å². The third-order valence-electron chi connectivity index (χ3n) is 3.99. The van der Waals surface area contributed by atoms with Crippen molar-refractivity contribution in [1.82, 2.24) is 14.5 Å². The third kappa shape index (κ3) is 2.57. The summed E-state index contributed by atoms with van der Waals surface area (Å²) in [5.41, 5.74) is 6.23. The van der Waals surface area contributed by atoms with Crippen LogP contribution in [0.1, 0.15) is 6.42 Å². The van der Waals surface area contributed by atoms with Crippen molar-refractivity contribution >= 4 is 22.8 Å². The van der Waals surface area contributed by atoms with E-state index >= 15 is 0 Å². The molecule has 1 saturated heterocycles. The maximum absolute atomic E-state index is 12.4. The fraction of sp³-hybridized carbons (Fsp3) is 0.333. The van der Waals surface area contributed by atoms with E-state index in [4.69, 9.17) is 5.73 Å². The molecular weight excluding hydrogens is 284 g/mol. The van der Waals surface area contributed by atoms with E-state index in [-0.39, 0.29) is 29.8 Å². The number of aromatic nitrogens is 2. The fourth-order valence-corrected chi connectivity index (χ4v) is 2.73. The number of primary amides is 1. The van der Waals surface area contributed by atoms with Gasteiger partial charge < -0.3 is 10.6 Å². The molecule has 114 valence electrons. The smallest absolute Gasteiger partial charge is 0.269 e. The van der Waals surface area contributed by atoms with Crippen LogP contribution in [-0.2, 0) is 16.1 Å². The van der Waals surface area contributed by atoms with Crippen LogP contribution in [0, 0.1) is 5.92 Å². The van der Waals surface area contributed by atoms with Crippen molar-refractivity contribution in [3.63, 3.8) is 0 Å². The predicted octanol–water partition coefficient (Wildman–Crippen LogP) is -0.270. The van der Waals surface area contributed by atoms with Crippen LogP contribution in [0.4, 0.5) is 0 Å². The molecule has 0 bridgehead atoms. The zero-order valence-corrected chi connectivity index (χ0v) is 11.9. The maximum Gasteiger partial charge on any atom is 0.269 e. The predicted molar refractivity (Wildman–Crippen MR) is 79.9 cm³/mol. The maximum atomic E-state index is 12.4. The molecular formula is C15H16N4O3. The minimum Gasteiger partial charge on any atom is -0.369 e. The number of hydrogen-bond donors (Lipinski definition) is 1. The second-order valence-corrected chi connectivity index (χ2v) is 5.40. The summed E-state index contributed by atoms with van der Waals surface area (Å²) in [5.74, 6) is -0.876. The Kier molecular flexibility index (Phi) is 3.62. The van der Waals surface area contributed by atoms with E-state index in [9.17, 15) is 14.4 Å². The lowest BCUT2D eigenvalue weighted by Crippen LogP contribution is -2.36. The van der Waals surface area contributed by atoms with Gasteiger partial charge in [-0.05, 0) is 18.6 Å². The Labute approximate surface area is 126 Å². The number of nitrogens with zero attached hydrogens (tertiary/aromatic N) is 3. The first-order valence-corrected chi connectivity index (χ1v) is 7.08. The van der Waals surface area contributed by atoms with Gasteiger partial charge in [0.2, 0.25) is 11.8 Å². The van der Waals surface area contributed by atoms with Gasteiger partial charge in [0, 0.05) is 13.1 Å². The molecule has 1 aliphatic rings. The molecule has 1 atom stereocenters. The molecule has 0 aliphatic carbocycles. The van der Waals surface area contributed by atoms with Crippen molar-refractivity contribution < 1.29 is 9.59 Å². The number of para-hydroxylation sites is 2. The summed E-state index contributed by atoms with van der Waals surface area (Å²) in [6.07, 6.45) is 1.79. The SMILES string of the molecule is NC(=O)[C@@H]1CCN(C(=O)Cn2c(=O)cnc3ccccc32)C1. The van der Waals surface area contributed by atoms with E-state index in [0.29, 0.717) is 30.5 Å². The topological polar surface area (TPSA) is 98.3 Å². The zero-order valence-electron chi connectivity index (χ0n) is 11.9. The summed E-state index contributed by atoms with van der Waals surface area (Å²) in [6, 6.07) is 7.16. The molecule has 22 heavy (non-hydrogen) atoms. The second-order valence-electron chi connectivity index (χ2n) is 5.40. The first-order chi connectivity index (χ1) is 10.6. The van der Waals surface area contributed by atoms with Gasteiger partial charge in [0.05, 0.1) is 23.1 Å². The molecule has 2 N–H and O–H groups in total. The Balaban J connectivity index is 1.85. The number of carbonyl (C=O) groups excluding carboxylic acids is 2. The highest BCUT2D eigenvalue weighted by atomic mass is 16.2. The van der Waals surface area contributed by atoms with Crippen molar-refractivity contribution in [2.24, 2.45) is 11.7 Å². The number of benzene rings is 1. The van der Waals surface area contributed by atoms with E-state index < -0.39 is 0 Å². The molecule has 0 radical (unpaired) electrons. The number of fused-ring (bicyclic) bond motifs is 1. The average molecular weight is 300 g/mol. The lowest BCUT2D eigenvalue weighted by Gasteiger charge is -2.17. The van der Waals surface area contributed by atoms with Gasteiger partial charge in [0.15, 0.2) is 0 Å². The van der Waals surface area contributed by atoms with Crippen molar-refractivity contribution in [3.8, 4) is 0 Å². The Morgan fingerprint density at radius 3 is 2.82 bits per heavy atom. The Bertz CT molecular complexity index is 799. The summed E-state index contributed by atoms with van der Waals surface area (Å²) < 4.78 is 1.41. The lowest BCUT2D eigenvalue weighted by atomic mass is 10.1. The summed E-state index contributed by atoms with van der Waals surface area (Å²) in [6.45, 7) is 0.753. The molecule has 7 heteroatoms. The van der Waals surface area contributed by atoms with Crippen LogP contribution in [0.15, 0.2) is 35.3 Å². The first kappa shape index (κ1) is 14.2. The Hall–Kier alpha value is -2.70. The van der Waals surface area contributed by atoms with E-state index in [0.717, 1.165) is 0 Å². The van der Waals surface area contributed by atoms with E-state index in [2.05, 4.69) is 4.98 Å². The zero-order chi connectivity index (χ0) is 15.7. The Morgan fingerprint density at radius 1 is 1.32 bits per heavy atom. The van der Waals surface area contributed by atoms with Gasteiger partial charge in [0.25, 0.3) is 5.56 Å². The Morgan fingerprint density at radius 2 is 2.09 bits per heavy atom. The molecule has 0 spiro atoms. The largest absolute Gasteiger partial charge is 0.369 e. The number of hydrogen-bond acceptors (Lipinski definition) is 4. The van der Waals surface area contributed by atoms with Crippen LogP contribution in [0.5, 0.6) is 0 Å². The van der Waals surface area contributed by atoms with E-state index in [1.807, 2.05) is 6.07 Å². The van der Waals surface area contributed by atoms with Crippen LogP contribution >= 0.6 is 0 Å². The molecule has 1 aliphatic heterocycles. The molecule has 2 heterocycles. The highest BCUT2D eigenvalue weighted by Gasteiger charge is 2.29. The molecule has 1 aromatic carbocycles. The molecule has 0 saturated carbocycles. The normalized spacial score (nSPS) is 17.8. The second kappa shape index (κ2) is 5.59. The van der Waals surface area contributed by atoms with Gasteiger partial charge in [-0.2, -0.15) is 0 Å². The molecule has 1 aromatic heterocycles. The number of rotatable bonds is 3. The van der Waals surface area contributed by atoms with E-state index in [1.54, 1.807) is 23.1 Å². The minimum absolute atomic E-state index is 0.0622. The van der Waals surface area contributed by atoms with Gasteiger partial charge in [-0.1, -0.05) is 12.1 Å². The summed E-state index contributed by atoms with van der Waals surface area (Å²) in [4.78, 5) is 41.2. The standard InChI is InChI=1S/C15H16N4O3/c16-15(22)10-5-6-18(8-10)14(21)9-19-12-4-2-1-3-11(12)17-7-13(19)20/h1-4,7,10H,5-6,8-9H2,(H2,16,22)/t10-/m1/s1. The van der Waals surface area contributed by atoms with Gasteiger partial charge in [-0.3, -0.25) is 19.0 Å². The van der Waals surface area contributed by atoms with Crippen molar-refractivity contribution in [2.45, 2.75) is 13.0 Å². The van der Waals surface area contributed by atoms with Gasteiger partial charge in [-0.25, -0.2) is 4.98 Å². The molecule has 2 aromatic rings. The third-order valence-corrected chi connectivity index (χ3v) is 3.99. The van der Waals surface area contributed by atoms with Gasteiger partial charge >= 0.3 is 0 Å². The molecule has 2 amide bonds. The first-order valence-electron chi connectivity index (χ1n) is 7.08. The van der Waals surface area contributed by atoms with Gasteiger partial charge in [-0.15, -0.1) is 0 Å². The molecule has 3 rings (SSSR count). The monoisotopic (exact) mass is 300 g/mol. The number of likely N-dealkylation sites (tertiary alicyclic amines) is 1. The molecule has 0 unspecified atom stereocenters.